The Kier molecular flexibility index (Phi) is 4.11. The van der Waals surface area contributed by atoms with E-state index >= 15 is 0 Å². The fraction of sp³-hybridized carbons (Fsp3) is 0. The summed E-state index contributed by atoms with van der Waals surface area (Å²) in [6.07, 6.45) is 1.37. The summed E-state index contributed by atoms with van der Waals surface area (Å²) >= 11 is 1.36. The highest BCUT2D eigenvalue weighted by molar-refractivity contribution is 7.13. The minimum Gasteiger partial charge on any atom is -0.507 e. The third-order valence-electron chi connectivity index (χ3n) is 3.10. The van der Waals surface area contributed by atoms with Gasteiger partial charge in [-0.2, -0.15) is 0 Å². The maximum Gasteiger partial charge on any atom is 0.270 e. The van der Waals surface area contributed by atoms with E-state index in [9.17, 15) is 15.2 Å². The van der Waals surface area contributed by atoms with Crippen LogP contribution in [0.3, 0.4) is 0 Å². The van der Waals surface area contributed by atoms with Crippen LogP contribution in [0, 0.1) is 10.1 Å². The summed E-state index contributed by atoms with van der Waals surface area (Å²) in [5.74, 6) is -0.0702. The average molecular weight is 325 g/mol. The Morgan fingerprint density at radius 2 is 2.00 bits per heavy atom. The van der Waals surface area contributed by atoms with E-state index in [1.165, 1.54) is 35.8 Å². The fourth-order valence-corrected chi connectivity index (χ4v) is 2.62. The predicted octanol–water partition coefficient (Wildman–Crippen LogP) is 4.17. The number of non-ortho nitro benzene ring substituents is 1. The first-order chi connectivity index (χ1) is 11.1. The molecule has 3 aromatic rings. The first-order valence-electron chi connectivity index (χ1n) is 6.66. The van der Waals surface area contributed by atoms with Crippen molar-refractivity contribution in [2.45, 2.75) is 0 Å². The summed E-state index contributed by atoms with van der Waals surface area (Å²) in [6.45, 7) is 0. The first kappa shape index (κ1) is 14.9. The molecule has 3 rings (SSSR count). The summed E-state index contributed by atoms with van der Waals surface area (Å²) in [5, 5.41) is 22.9. The van der Waals surface area contributed by atoms with Crippen molar-refractivity contribution in [1.82, 2.24) is 4.98 Å². The van der Waals surface area contributed by atoms with Gasteiger partial charge in [-0.25, -0.2) is 9.98 Å². The monoisotopic (exact) mass is 325 g/mol. The van der Waals surface area contributed by atoms with Crippen LogP contribution in [-0.2, 0) is 0 Å². The van der Waals surface area contributed by atoms with Crippen LogP contribution in [0.1, 0.15) is 5.56 Å². The molecule has 0 fully saturated rings. The molecule has 1 heterocycles. The Labute approximate surface area is 135 Å². The van der Waals surface area contributed by atoms with E-state index in [4.69, 9.17) is 0 Å². The summed E-state index contributed by atoms with van der Waals surface area (Å²) in [6, 6.07) is 13.5. The molecule has 0 aliphatic carbocycles. The summed E-state index contributed by atoms with van der Waals surface area (Å²) in [5.41, 5.74) is 1.97. The van der Waals surface area contributed by atoms with Gasteiger partial charge in [-0.3, -0.25) is 10.1 Å². The number of phenolic OH excluding ortho intramolecular Hbond substituents is 1. The summed E-state index contributed by atoms with van der Waals surface area (Å²) in [4.78, 5) is 18.8. The van der Waals surface area contributed by atoms with Gasteiger partial charge in [0.05, 0.1) is 10.6 Å². The maximum absolute atomic E-state index is 10.8. The molecule has 0 aliphatic rings. The smallest absolute Gasteiger partial charge is 0.270 e. The second-order valence-corrected chi connectivity index (χ2v) is 5.48. The number of benzene rings is 2. The topological polar surface area (TPSA) is 88.6 Å². The number of aromatic nitrogens is 1. The van der Waals surface area contributed by atoms with Gasteiger partial charge >= 0.3 is 0 Å². The Morgan fingerprint density at radius 1 is 1.22 bits per heavy atom. The number of nitro groups is 1. The van der Waals surface area contributed by atoms with Crippen molar-refractivity contribution >= 4 is 28.4 Å². The largest absolute Gasteiger partial charge is 0.507 e. The van der Waals surface area contributed by atoms with Crippen LogP contribution in [0.4, 0.5) is 10.8 Å². The number of aromatic hydroxyl groups is 1. The van der Waals surface area contributed by atoms with Crippen molar-refractivity contribution in [3.05, 3.63) is 69.6 Å². The molecule has 0 aliphatic heterocycles. The third-order valence-corrected chi connectivity index (χ3v) is 3.85. The van der Waals surface area contributed by atoms with E-state index in [0.717, 1.165) is 11.3 Å². The number of phenols is 1. The number of rotatable bonds is 4. The number of hydrogen-bond donors (Lipinski definition) is 1. The number of nitrogens with zero attached hydrogens (tertiary/aromatic N) is 3. The maximum atomic E-state index is 10.8. The van der Waals surface area contributed by atoms with Gasteiger partial charge in [-0.15, -0.1) is 11.3 Å². The van der Waals surface area contributed by atoms with E-state index in [2.05, 4.69) is 9.98 Å². The highest BCUT2D eigenvalue weighted by Crippen LogP contribution is 2.27. The molecule has 114 valence electrons. The molecule has 0 saturated heterocycles. The molecule has 0 saturated carbocycles. The standard InChI is InChI=1S/C16H11N3O3S/c20-15-7-6-13(19(21)22)8-12(15)9-17-16-18-14(10-23-16)11-4-2-1-3-5-11/h1-10,20H/b17-9+. The third kappa shape index (κ3) is 3.41. The van der Waals surface area contributed by atoms with E-state index in [1.54, 1.807) is 0 Å². The summed E-state index contributed by atoms with van der Waals surface area (Å²) < 4.78 is 0. The SMILES string of the molecule is O=[N+]([O-])c1ccc(O)c(/C=N/c2nc(-c3ccccc3)cs2)c1. The molecule has 6 nitrogen and oxygen atoms in total. The minimum atomic E-state index is -0.520. The molecule has 0 bridgehead atoms. The van der Waals surface area contributed by atoms with Gasteiger partial charge in [0, 0.05) is 34.9 Å². The normalized spacial score (nSPS) is 11.0. The minimum absolute atomic E-state index is 0.0702. The van der Waals surface area contributed by atoms with Crippen LogP contribution in [0.2, 0.25) is 0 Å². The lowest BCUT2D eigenvalue weighted by molar-refractivity contribution is -0.384. The number of nitro benzene ring substituents is 1. The molecule has 1 aromatic heterocycles. The lowest BCUT2D eigenvalue weighted by Crippen LogP contribution is -1.90. The van der Waals surface area contributed by atoms with Crippen molar-refractivity contribution in [2.24, 2.45) is 4.99 Å². The predicted molar refractivity (Wildman–Crippen MR) is 89.6 cm³/mol. The van der Waals surface area contributed by atoms with E-state index in [1.807, 2.05) is 35.7 Å². The van der Waals surface area contributed by atoms with Gasteiger partial charge in [0.15, 0.2) is 0 Å². The van der Waals surface area contributed by atoms with E-state index in [-0.39, 0.29) is 17.0 Å². The van der Waals surface area contributed by atoms with Gasteiger partial charge in [0.2, 0.25) is 5.13 Å². The van der Waals surface area contributed by atoms with Crippen LogP contribution >= 0.6 is 11.3 Å². The quantitative estimate of drug-likeness (QED) is 0.443. The van der Waals surface area contributed by atoms with Crippen molar-refractivity contribution in [2.75, 3.05) is 0 Å². The molecule has 0 atom stereocenters. The second-order valence-electron chi connectivity index (χ2n) is 4.64. The van der Waals surface area contributed by atoms with Gasteiger partial charge < -0.3 is 5.11 Å². The average Bonchev–Trinajstić information content (AvgIpc) is 3.03. The van der Waals surface area contributed by atoms with Crippen LogP contribution in [0.15, 0.2) is 58.9 Å². The van der Waals surface area contributed by atoms with Gasteiger partial charge in [0.1, 0.15) is 5.75 Å². The molecular formula is C16H11N3O3S. The van der Waals surface area contributed by atoms with Crippen LogP contribution in [0.25, 0.3) is 11.3 Å². The molecule has 23 heavy (non-hydrogen) atoms. The molecule has 7 heteroatoms. The second kappa shape index (κ2) is 6.37. The molecule has 0 amide bonds. The fourth-order valence-electron chi connectivity index (χ4n) is 1.95. The van der Waals surface area contributed by atoms with Gasteiger partial charge in [0.25, 0.3) is 5.69 Å². The number of aliphatic imine (C=N–C) groups is 1. The zero-order valence-corrected chi connectivity index (χ0v) is 12.6. The molecule has 2 aromatic carbocycles. The molecule has 1 N–H and O–H groups in total. The lowest BCUT2D eigenvalue weighted by Gasteiger charge is -1.97. The van der Waals surface area contributed by atoms with Crippen LogP contribution in [-0.4, -0.2) is 21.2 Å². The van der Waals surface area contributed by atoms with Crippen molar-refractivity contribution in [3.8, 4) is 17.0 Å². The number of thiazole rings is 1. The molecule has 0 spiro atoms. The zero-order chi connectivity index (χ0) is 16.2. The first-order valence-corrected chi connectivity index (χ1v) is 7.54. The molecule has 0 radical (unpaired) electrons. The molecule has 0 unspecified atom stereocenters. The molecular weight excluding hydrogens is 314 g/mol. The Bertz CT molecular complexity index is 875. The summed E-state index contributed by atoms with van der Waals surface area (Å²) in [7, 11) is 0. The van der Waals surface area contributed by atoms with Crippen molar-refractivity contribution < 1.29 is 10.0 Å². The Hall–Kier alpha value is -3.06. The zero-order valence-electron chi connectivity index (χ0n) is 11.8. The van der Waals surface area contributed by atoms with E-state index < -0.39 is 4.92 Å². The van der Waals surface area contributed by atoms with Crippen LogP contribution in [0.5, 0.6) is 5.75 Å². The van der Waals surface area contributed by atoms with Gasteiger partial charge in [-0.1, -0.05) is 30.3 Å². The van der Waals surface area contributed by atoms with E-state index in [0.29, 0.717) is 5.13 Å². The van der Waals surface area contributed by atoms with Crippen LogP contribution < -0.4 is 0 Å². The Balaban J connectivity index is 1.85. The highest BCUT2D eigenvalue weighted by atomic mass is 32.1. The highest BCUT2D eigenvalue weighted by Gasteiger charge is 2.09. The van der Waals surface area contributed by atoms with Crippen molar-refractivity contribution in [3.63, 3.8) is 0 Å². The lowest BCUT2D eigenvalue weighted by atomic mass is 10.2. The van der Waals surface area contributed by atoms with Crippen molar-refractivity contribution in [1.29, 1.82) is 0 Å². The Morgan fingerprint density at radius 3 is 2.74 bits per heavy atom. The number of hydrogen-bond acceptors (Lipinski definition) is 6. The van der Waals surface area contributed by atoms with Gasteiger partial charge in [-0.05, 0) is 6.07 Å².